The second-order valence-electron chi connectivity index (χ2n) is 5.57. The molecule has 102 valence electrons. The van der Waals surface area contributed by atoms with Crippen LogP contribution < -0.4 is 10.9 Å². The topological polar surface area (TPSA) is 57.8 Å². The Morgan fingerprint density at radius 1 is 1.42 bits per heavy atom. The van der Waals surface area contributed by atoms with Crippen LogP contribution in [0.15, 0.2) is 4.79 Å². The summed E-state index contributed by atoms with van der Waals surface area (Å²) in [6.07, 6.45) is 3.32. The molecule has 0 radical (unpaired) electrons. The van der Waals surface area contributed by atoms with Crippen LogP contribution in [0.4, 0.5) is 0 Å². The molecular formula is C14H19N3OS. The molecule has 2 N–H and O–H groups in total. The number of nitrogens with zero attached hydrogens (tertiary/aromatic N) is 1. The van der Waals surface area contributed by atoms with E-state index in [1.807, 2.05) is 0 Å². The molecule has 19 heavy (non-hydrogen) atoms. The van der Waals surface area contributed by atoms with E-state index in [0.717, 1.165) is 35.4 Å². The molecule has 2 aromatic rings. The van der Waals surface area contributed by atoms with Gasteiger partial charge in [0, 0.05) is 4.88 Å². The molecule has 1 aliphatic rings. The van der Waals surface area contributed by atoms with Crippen molar-refractivity contribution in [3.8, 4) is 0 Å². The Balaban J connectivity index is 1.90. The Hall–Kier alpha value is -1.20. The van der Waals surface area contributed by atoms with Crippen LogP contribution in [-0.4, -0.2) is 16.5 Å². The average Bonchev–Trinajstić information content (AvgIpc) is 2.87. The van der Waals surface area contributed by atoms with E-state index in [2.05, 4.69) is 29.1 Å². The summed E-state index contributed by atoms with van der Waals surface area (Å²) >= 11 is 1.70. The third-order valence-corrected chi connectivity index (χ3v) is 4.65. The number of rotatable bonds is 4. The van der Waals surface area contributed by atoms with Crippen LogP contribution in [0.5, 0.6) is 0 Å². The van der Waals surface area contributed by atoms with Crippen LogP contribution >= 0.6 is 11.3 Å². The first-order valence-electron chi connectivity index (χ1n) is 6.89. The molecule has 0 spiro atoms. The van der Waals surface area contributed by atoms with Crippen molar-refractivity contribution >= 4 is 21.6 Å². The van der Waals surface area contributed by atoms with E-state index in [-0.39, 0.29) is 5.56 Å². The SMILES string of the molecule is CC(C)CNCc1nc2sc3c(c2c(=O)[nH]1)CCC3. The fourth-order valence-corrected chi connectivity index (χ4v) is 3.89. The predicted octanol–water partition coefficient (Wildman–Crippen LogP) is 2.22. The highest BCUT2D eigenvalue weighted by Gasteiger charge is 2.20. The lowest BCUT2D eigenvalue weighted by molar-refractivity contribution is 0.543. The minimum Gasteiger partial charge on any atom is -0.310 e. The summed E-state index contributed by atoms with van der Waals surface area (Å²) in [5.74, 6) is 1.35. The second-order valence-corrected chi connectivity index (χ2v) is 6.66. The minimum atomic E-state index is 0.0331. The number of nitrogens with one attached hydrogen (secondary N) is 2. The van der Waals surface area contributed by atoms with E-state index < -0.39 is 0 Å². The zero-order valence-electron chi connectivity index (χ0n) is 11.4. The largest absolute Gasteiger partial charge is 0.310 e. The van der Waals surface area contributed by atoms with Crippen molar-refractivity contribution in [1.29, 1.82) is 0 Å². The normalized spacial score (nSPS) is 14.5. The Morgan fingerprint density at radius 2 is 2.26 bits per heavy atom. The van der Waals surface area contributed by atoms with Crippen LogP contribution in [-0.2, 0) is 19.4 Å². The molecule has 0 aliphatic heterocycles. The average molecular weight is 277 g/mol. The molecule has 0 unspecified atom stereocenters. The van der Waals surface area contributed by atoms with Crippen molar-refractivity contribution in [3.63, 3.8) is 0 Å². The van der Waals surface area contributed by atoms with Gasteiger partial charge < -0.3 is 10.3 Å². The van der Waals surface area contributed by atoms with Crippen molar-refractivity contribution in [1.82, 2.24) is 15.3 Å². The van der Waals surface area contributed by atoms with Crippen LogP contribution in [0.1, 0.15) is 36.5 Å². The Labute approximate surface area is 116 Å². The molecule has 0 saturated carbocycles. The molecule has 0 amide bonds. The maximum atomic E-state index is 12.2. The maximum absolute atomic E-state index is 12.2. The fraction of sp³-hybridized carbons (Fsp3) is 0.571. The Bertz CT molecular complexity index is 656. The molecule has 0 saturated heterocycles. The van der Waals surface area contributed by atoms with Gasteiger partial charge in [-0.05, 0) is 37.3 Å². The van der Waals surface area contributed by atoms with Crippen LogP contribution in [0.2, 0.25) is 0 Å². The monoisotopic (exact) mass is 277 g/mol. The number of hydrogen-bond acceptors (Lipinski definition) is 4. The number of thiophene rings is 1. The Kier molecular flexibility index (Phi) is 3.41. The molecule has 4 nitrogen and oxygen atoms in total. The highest BCUT2D eigenvalue weighted by molar-refractivity contribution is 7.18. The highest BCUT2D eigenvalue weighted by atomic mass is 32.1. The molecule has 0 bridgehead atoms. The number of fused-ring (bicyclic) bond motifs is 3. The van der Waals surface area contributed by atoms with Crippen LogP contribution in [0.3, 0.4) is 0 Å². The highest BCUT2D eigenvalue weighted by Crippen LogP contribution is 2.34. The van der Waals surface area contributed by atoms with Crippen molar-refractivity contribution in [3.05, 3.63) is 26.6 Å². The standard InChI is InChI=1S/C14H19N3OS/c1-8(2)6-15-7-11-16-13(18)12-9-4-3-5-10(9)19-14(12)17-11/h8,15H,3-7H2,1-2H3,(H,16,17,18). The molecule has 0 aromatic carbocycles. The van der Waals surface area contributed by atoms with E-state index >= 15 is 0 Å². The third kappa shape index (κ3) is 2.44. The summed E-state index contributed by atoms with van der Waals surface area (Å²) in [6, 6.07) is 0. The summed E-state index contributed by atoms with van der Waals surface area (Å²) in [5, 5.41) is 4.15. The van der Waals surface area contributed by atoms with Crippen molar-refractivity contribution in [2.75, 3.05) is 6.54 Å². The van der Waals surface area contributed by atoms with Gasteiger partial charge in [-0.2, -0.15) is 0 Å². The third-order valence-electron chi connectivity index (χ3n) is 3.47. The molecule has 0 fully saturated rings. The number of hydrogen-bond donors (Lipinski definition) is 2. The quantitative estimate of drug-likeness (QED) is 0.901. The van der Waals surface area contributed by atoms with Crippen LogP contribution in [0, 0.1) is 5.92 Å². The minimum absolute atomic E-state index is 0.0331. The zero-order chi connectivity index (χ0) is 13.4. The fourth-order valence-electron chi connectivity index (χ4n) is 2.61. The van der Waals surface area contributed by atoms with Gasteiger partial charge in [-0.3, -0.25) is 4.79 Å². The van der Waals surface area contributed by atoms with E-state index in [1.165, 1.54) is 16.9 Å². The molecule has 5 heteroatoms. The zero-order valence-corrected chi connectivity index (χ0v) is 12.2. The second kappa shape index (κ2) is 5.06. The summed E-state index contributed by atoms with van der Waals surface area (Å²) in [4.78, 5) is 22.0. The lowest BCUT2D eigenvalue weighted by Crippen LogP contribution is -2.22. The van der Waals surface area contributed by atoms with Gasteiger partial charge in [0.15, 0.2) is 0 Å². The van der Waals surface area contributed by atoms with E-state index in [9.17, 15) is 4.79 Å². The predicted molar refractivity (Wildman–Crippen MR) is 78.8 cm³/mol. The van der Waals surface area contributed by atoms with Gasteiger partial charge >= 0.3 is 0 Å². The number of aromatic amines is 1. The van der Waals surface area contributed by atoms with Crippen LogP contribution in [0.25, 0.3) is 10.2 Å². The van der Waals surface area contributed by atoms with Gasteiger partial charge in [0.1, 0.15) is 10.7 Å². The summed E-state index contributed by atoms with van der Waals surface area (Å²) in [5.41, 5.74) is 1.28. The van der Waals surface area contributed by atoms with Gasteiger partial charge in [-0.1, -0.05) is 13.8 Å². The summed E-state index contributed by atoms with van der Waals surface area (Å²) in [7, 11) is 0. The lowest BCUT2D eigenvalue weighted by atomic mass is 10.2. The first-order valence-corrected chi connectivity index (χ1v) is 7.71. The molecular weight excluding hydrogens is 258 g/mol. The number of aryl methyl sites for hydroxylation is 2. The number of H-pyrrole nitrogens is 1. The maximum Gasteiger partial charge on any atom is 0.259 e. The van der Waals surface area contributed by atoms with Gasteiger partial charge in [0.25, 0.3) is 5.56 Å². The molecule has 1 aliphatic carbocycles. The molecule has 2 heterocycles. The summed E-state index contributed by atoms with van der Waals surface area (Å²) < 4.78 is 0. The summed E-state index contributed by atoms with van der Waals surface area (Å²) in [6.45, 7) is 5.89. The van der Waals surface area contributed by atoms with Crippen molar-refractivity contribution < 1.29 is 0 Å². The van der Waals surface area contributed by atoms with E-state index in [4.69, 9.17) is 0 Å². The van der Waals surface area contributed by atoms with Gasteiger partial charge in [-0.15, -0.1) is 11.3 Å². The Morgan fingerprint density at radius 3 is 3.05 bits per heavy atom. The van der Waals surface area contributed by atoms with Gasteiger partial charge in [0.2, 0.25) is 0 Å². The molecule has 2 aromatic heterocycles. The van der Waals surface area contributed by atoms with Gasteiger partial charge in [0.05, 0.1) is 11.9 Å². The molecule has 0 atom stereocenters. The molecule has 3 rings (SSSR count). The smallest absolute Gasteiger partial charge is 0.259 e. The lowest BCUT2D eigenvalue weighted by Gasteiger charge is -2.06. The number of aromatic nitrogens is 2. The van der Waals surface area contributed by atoms with Gasteiger partial charge in [-0.25, -0.2) is 4.98 Å². The first-order chi connectivity index (χ1) is 9.15. The van der Waals surface area contributed by atoms with Crippen molar-refractivity contribution in [2.24, 2.45) is 5.92 Å². The first kappa shape index (κ1) is 12.8. The van der Waals surface area contributed by atoms with Crippen molar-refractivity contribution in [2.45, 2.75) is 39.7 Å². The van der Waals surface area contributed by atoms with E-state index in [0.29, 0.717) is 12.5 Å². The van der Waals surface area contributed by atoms with E-state index in [1.54, 1.807) is 11.3 Å².